The van der Waals surface area contributed by atoms with Crippen LogP contribution in [-0.2, 0) is 0 Å². The molecule has 0 saturated heterocycles. The van der Waals surface area contributed by atoms with Crippen molar-refractivity contribution in [3.63, 3.8) is 0 Å². The summed E-state index contributed by atoms with van der Waals surface area (Å²) in [5.41, 5.74) is 0.117. The summed E-state index contributed by atoms with van der Waals surface area (Å²) >= 11 is 1.67. The monoisotopic (exact) mass is 211 g/mol. The number of unbranched alkanes of at least 4 members (excludes halogenated alkanes) is 1. The first-order chi connectivity index (χ1) is 6.74. The summed E-state index contributed by atoms with van der Waals surface area (Å²) in [6.07, 6.45) is 3.84. The van der Waals surface area contributed by atoms with Gasteiger partial charge in [-0.05, 0) is 24.3 Å². The Hall–Kier alpha value is -1.03. The maximum atomic E-state index is 10.6. The second-order valence-electron chi connectivity index (χ2n) is 2.88. The Morgan fingerprint density at radius 1 is 1.64 bits per heavy atom. The van der Waals surface area contributed by atoms with Crippen LogP contribution in [0.25, 0.3) is 0 Å². The summed E-state index contributed by atoms with van der Waals surface area (Å²) in [4.78, 5) is 15.3. The van der Waals surface area contributed by atoms with Crippen LogP contribution in [0.15, 0.2) is 23.2 Å². The Bertz CT molecular complexity index is 315. The van der Waals surface area contributed by atoms with E-state index in [0.717, 1.165) is 23.5 Å². The van der Waals surface area contributed by atoms with Crippen LogP contribution in [0.4, 0.5) is 0 Å². The SMILES string of the molecule is CCCCSc1ccnc(C(=O)O)c1. The Morgan fingerprint density at radius 2 is 2.43 bits per heavy atom. The number of nitrogens with zero attached hydrogens (tertiary/aromatic N) is 1. The Labute approximate surface area is 87.6 Å². The molecule has 0 bridgehead atoms. The lowest BCUT2D eigenvalue weighted by Gasteiger charge is -2.00. The van der Waals surface area contributed by atoms with Crippen molar-refractivity contribution in [3.8, 4) is 0 Å². The maximum Gasteiger partial charge on any atom is 0.354 e. The molecule has 4 heteroatoms. The molecule has 0 atom stereocenters. The first-order valence-corrected chi connectivity index (χ1v) is 5.54. The van der Waals surface area contributed by atoms with Gasteiger partial charge in [-0.3, -0.25) is 0 Å². The third-order valence-corrected chi connectivity index (χ3v) is 2.80. The number of rotatable bonds is 5. The molecule has 0 radical (unpaired) electrons. The van der Waals surface area contributed by atoms with E-state index >= 15 is 0 Å². The molecule has 1 N–H and O–H groups in total. The van der Waals surface area contributed by atoms with Crippen LogP contribution < -0.4 is 0 Å². The molecule has 0 fully saturated rings. The van der Waals surface area contributed by atoms with Gasteiger partial charge in [0, 0.05) is 11.1 Å². The number of carboxylic acid groups (broad SMARTS) is 1. The van der Waals surface area contributed by atoms with E-state index in [9.17, 15) is 4.79 Å². The van der Waals surface area contributed by atoms with Crippen molar-refractivity contribution in [2.45, 2.75) is 24.7 Å². The second kappa shape index (κ2) is 5.65. The number of aromatic carboxylic acids is 1. The number of carboxylic acids is 1. The van der Waals surface area contributed by atoms with Crippen LogP contribution in [0, 0.1) is 0 Å². The molecule has 14 heavy (non-hydrogen) atoms. The van der Waals surface area contributed by atoms with Crippen molar-refractivity contribution in [2.75, 3.05) is 5.75 Å². The predicted octanol–water partition coefficient (Wildman–Crippen LogP) is 2.67. The highest BCUT2D eigenvalue weighted by Gasteiger charge is 2.04. The summed E-state index contributed by atoms with van der Waals surface area (Å²) < 4.78 is 0. The first-order valence-electron chi connectivity index (χ1n) is 4.56. The van der Waals surface area contributed by atoms with Crippen LogP contribution in [0.5, 0.6) is 0 Å². The number of pyridine rings is 1. The summed E-state index contributed by atoms with van der Waals surface area (Å²) in [5.74, 6) is 0.0579. The lowest BCUT2D eigenvalue weighted by atomic mass is 10.3. The zero-order chi connectivity index (χ0) is 10.4. The van der Waals surface area contributed by atoms with Crippen molar-refractivity contribution in [1.82, 2.24) is 4.98 Å². The van der Waals surface area contributed by atoms with E-state index in [4.69, 9.17) is 5.11 Å². The fourth-order valence-corrected chi connectivity index (χ4v) is 1.97. The standard InChI is InChI=1S/C10H13NO2S/c1-2-3-6-14-8-4-5-11-9(7-8)10(12)13/h4-5,7H,2-3,6H2,1H3,(H,12,13). The number of hydrogen-bond donors (Lipinski definition) is 1. The average molecular weight is 211 g/mol. The highest BCUT2D eigenvalue weighted by molar-refractivity contribution is 7.99. The van der Waals surface area contributed by atoms with Gasteiger partial charge in [-0.25, -0.2) is 9.78 Å². The summed E-state index contributed by atoms with van der Waals surface area (Å²) in [5, 5.41) is 8.71. The normalized spacial score (nSPS) is 10.1. The fourth-order valence-electron chi connectivity index (χ4n) is 0.952. The van der Waals surface area contributed by atoms with Gasteiger partial charge in [0.15, 0.2) is 0 Å². The fraction of sp³-hybridized carbons (Fsp3) is 0.400. The predicted molar refractivity (Wildman–Crippen MR) is 56.8 cm³/mol. The van der Waals surface area contributed by atoms with Gasteiger partial charge in [0.05, 0.1) is 0 Å². The molecule has 0 aromatic carbocycles. The zero-order valence-corrected chi connectivity index (χ0v) is 8.88. The van der Waals surface area contributed by atoms with Gasteiger partial charge >= 0.3 is 5.97 Å². The molecule has 1 rings (SSSR count). The summed E-state index contributed by atoms with van der Waals surface area (Å²) in [7, 11) is 0. The minimum atomic E-state index is -0.969. The topological polar surface area (TPSA) is 50.2 Å². The third kappa shape index (κ3) is 3.38. The van der Waals surface area contributed by atoms with Gasteiger partial charge < -0.3 is 5.11 Å². The van der Waals surface area contributed by atoms with Gasteiger partial charge in [0.2, 0.25) is 0 Å². The van der Waals surface area contributed by atoms with Crippen LogP contribution >= 0.6 is 11.8 Å². The number of carbonyl (C=O) groups is 1. The van der Waals surface area contributed by atoms with E-state index in [1.54, 1.807) is 17.8 Å². The van der Waals surface area contributed by atoms with E-state index < -0.39 is 5.97 Å². The van der Waals surface area contributed by atoms with Crippen LogP contribution in [0.1, 0.15) is 30.3 Å². The maximum absolute atomic E-state index is 10.6. The van der Waals surface area contributed by atoms with Crippen LogP contribution in [0.3, 0.4) is 0 Å². The molecule has 0 saturated carbocycles. The quantitative estimate of drug-likeness (QED) is 0.601. The highest BCUT2D eigenvalue weighted by atomic mass is 32.2. The molecule has 0 spiro atoms. The lowest BCUT2D eigenvalue weighted by Crippen LogP contribution is -1.99. The van der Waals surface area contributed by atoms with Gasteiger partial charge in [-0.1, -0.05) is 13.3 Å². The number of hydrogen-bond acceptors (Lipinski definition) is 3. The smallest absolute Gasteiger partial charge is 0.354 e. The average Bonchev–Trinajstić information content (AvgIpc) is 2.19. The van der Waals surface area contributed by atoms with E-state index in [-0.39, 0.29) is 5.69 Å². The zero-order valence-electron chi connectivity index (χ0n) is 8.06. The summed E-state index contributed by atoms with van der Waals surface area (Å²) in [6, 6.07) is 3.45. The van der Waals surface area contributed by atoms with E-state index in [2.05, 4.69) is 11.9 Å². The largest absolute Gasteiger partial charge is 0.477 e. The van der Waals surface area contributed by atoms with Gasteiger partial charge in [0.25, 0.3) is 0 Å². The lowest BCUT2D eigenvalue weighted by molar-refractivity contribution is 0.0690. The van der Waals surface area contributed by atoms with Crippen molar-refractivity contribution in [2.24, 2.45) is 0 Å². The number of thioether (sulfide) groups is 1. The minimum absolute atomic E-state index is 0.117. The molecule has 1 heterocycles. The van der Waals surface area contributed by atoms with Gasteiger partial charge in [-0.2, -0.15) is 0 Å². The molecule has 0 unspecified atom stereocenters. The molecule has 76 valence electrons. The highest BCUT2D eigenvalue weighted by Crippen LogP contribution is 2.19. The van der Waals surface area contributed by atoms with Crippen molar-refractivity contribution in [3.05, 3.63) is 24.0 Å². The Balaban J connectivity index is 2.59. The molecular formula is C10H13NO2S. The molecule has 0 aliphatic heterocycles. The molecule has 1 aromatic rings. The van der Waals surface area contributed by atoms with Crippen molar-refractivity contribution in [1.29, 1.82) is 0 Å². The molecule has 1 aromatic heterocycles. The molecule has 0 aliphatic rings. The summed E-state index contributed by atoms with van der Waals surface area (Å²) in [6.45, 7) is 2.13. The molecular weight excluding hydrogens is 198 g/mol. The van der Waals surface area contributed by atoms with Gasteiger partial charge in [0.1, 0.15) is 5.69 Å². The van der Waals surface area contributed by atoms with E-state index in [1.165, 1.54) is 6.20 Å². The Morgan fingerprint density at radius 3 is 3.07 bits per heavy atom. The van der Waals surface area contributed by atoms with Crippen molar-refractivity contribution < 1.29 is 9.90 Å². The van der Waals surface area contributed by atoms with Gasteiger partial charge in [-0.15, -0.1) is 11.8 Å². The van der Waals surface area contributed by atoms with E-state index in [1.807, 2.05) is 6.07 Å². The van der Waals surface area contributed by atoms with E-state index in [0.29, 0.717) is 0 Å². The molecule has 3 nitrogen and oxygen atoms in total. The number of aromatic nitrogens is 1. The van der Waals surface area contributed by atoms with Crippen molar-refractivity contribution >= 4 is 17.7 Å². The second-order valence-corrected chi connectivity index (χ2v) is 4.05. The first kappa shape index (κ1) is 11.0. The minimum Gasteiger partial charge on any atom is -0.477 e. The van der Waals surface area contributed by atoms with Crippen LogP contribution in [0.2, 0.25) is 0 Å². The molecule has 0 aliphatic carbocycles. The molecule has 0 amide bonds. The third-order valence-electron chi connectivity index (χ3n) is 1.72. The van der Waals surface area contributed by atoms with Crippen LogP contribution in [-0.4, -0.2) is 21.8 Å². The Kier molecular flexibility index (Phi) is 4.46.